The number of amides is 1. The molecule has 1 atom stereocenters. The van der Waals surface area contributed by atoms with Crippen molar-refractivity contribution in [3.05, 3.63) is 57.0 Å². The highest BCUT2D eigenvalue weighted by atomic mass is 32.1. The average molecular weight is 561 g/mol. The number of thiophene rings is 1. The van der Waals surface area contributed by atoms with Gasteiger partial charge in [-0.15, -0.1) is 11.3 Å². The van der Waals surface area contributed by atoms with Crippen LogP contribution in [-0.4, -0.2) is 60.5 Å². The normalized spacial score (nSPS) is 26.5. The van der Waals surface area contributed by atoms with Crippen LogP contribution >= 0.6 is 11.3 Å². The first kappa shape index (κ1) is 27.3. The highest BCUT2D eigenvalue weighted by Gasteiger charge is 2.49. The molecule has 3 heterocycles. The second-order valence-electron chi connectivity index (χ2n) is 12.4. The van der Waals surface area contributed by atoms with E-state index in [4.69, 9.17) is 9.47 Å². The molecule has 0 N–H and O–H groups in total. The molecular weight excluding hydrogens is 520 g/mol. The molecule has 1 amide bonds. The Morgan fingerprint density at radius 2 is 1.77 bits per heavy atom. The van der Waals surface area contributed by atoms with Gasteiger partial charge in [0.05, 0.1) is 5.56 Å². The molecular formula is C33H40N2O4S. The lowest BCUT2D eigenvalue weighted by molar-refractivity contribution is -0.123. The highest BCUT2D eigenvalue weighted by Crippen LogP contribution is 2.55. The van der Waals surface area contributed by atoms with Crippen LogP contribution in [-0.2, 0) is 11.2 Å². The molecule has 1 aromatic heterocycles. The van der Waals surface area contributed by atoms with E-state index in [2.05, 4.69) is 43.4 Å². The molecule has 2 aliphatic carbocycles. The predicted molar refractivity (Wildman–Crippen MR) is 159 cm³/mol. The molecule has 1 aromatic carbocycles. The van der Waals surface area contributed by atoms with Crippen LogP contribution in [0.1, 0.15) is 74.4 Å². The number of rotatable bonds is 5. The second kappa shape index (κ2) is 10.2. The Morgan fingerprint density at radius 1 is 1.05 bits per heavy atom. The van der Waals surface area contributed by atoms with Crippen LogP contribution in [0.2, 0.25) is 0 Å². The van der Waals surface area contributed by atoms with Gasteiger partial charge in [0, 0.05) is 60.0 Å². The largest absolute Gasteiger partial charge is 0.448 e. The fourth-order valence-corrected chi connectivity index (χ4v) is 7.98. The summed E-state index contributed by atoms with van der Waals surface area (Å²) in [7, 11) is 4.32. The third-order valence-corrected chi connectivity index (χ3v) is 10.4. The van der Waals surface area contributed by atoms with Crippen molar-refractivity contribution < 1.29 is 19.1 Å². The van der Waals surface area contributed by atoms with E-state index in [1.807, 2.05) is 31.7 Å². The zero-order chi connectivity index (χ0) is 28.3. The average Bonchev–Trinajstić information content (AvgIpc) is 3.56. The number of benzene rings is 1. The Morgan fingerprint density at radius 3 is 2.42 bits per heavy atom. The number of hydrogen-bond acceptors (Lipinski definition) is 6. The highest BCUT2D eigenvalue weighted by molar-refractivity contribution is 7.13. The van der Waals surface area contributed by atoms with Crippen molar-refractivity contribution >= 4 is 23.0 Å². The SMILES string of the molecule is CC1=CC(C)=C(CN2CCc3c(c(C)c4c(c3-c3cccs3)O[C@@](C)(C3CCC(N(C)C)CC3)O4)C2=O)C(=O)C1. The zero-order valence-corrected chi connectivity index (χ0v) is 25.4. The summed E-state index contributed by atoms with van der Waals surface area (Å²) in [5.74, 6) is 1.11. The quantitative estimate of drug-likeness (QED) is 0.414. The van der Waals surface area contributed by atoms with E-state index in [0.29, 0.717) is 43.3 Å². The molecule has 0 unspecified atom stereocenters. The topological polar surface area (TPSA) is 59.1 Å². The number of fused-ring (bicyclic) bond motifs is 2. The van der Waals surface area contributed by atoms with Gasteiger partial charge in [0.25, 0.3) is 11.7 Å². The van der Waals surface area contributed by atoms with E-state index in [1.54, 1.807) is 11.3 Å². The van der Waals surface area contributed by atoms with Gasteiger partial charge >= 0.3 is 0 Å². The first-order valence-electron chi connectivity index (χ1n) is 14.5. The number of carbonyl (C=O) groups is 2. The Kier molecular flexibility index (Phi) is 6.94. The summed E-state index contributed by atoms with van der Waals surface area (Å²) >= 11 is 1.67. The van der Waals surface area contributed by atoms with Gasteiger partial charge in [-0.1, -0.05) is 17.7 Å². The summed E-state index contributed by atoms with van der Waals surface area (Å²) in [6.07, 6.45) is 7.56. The Hall–Kier alpha value is -2.90. The maximum atomic E-state index is 14.2. The summed E-state index contributed by atoms with van der Waals surface area (Å²) in [4.78, 5) is 32.3. The van der Waals surface area contributed by atoms with E-state index >= 15 is 0 Å². The molecule has 0 saturated heterocycles. The first-order valence-corrected chi connectivity index (χ1v) is 15.4. The van der Waals surface area contributed by atoms with Gasteiger partial charge in [-0.05, 0) is 89.6 Å². The maximum Gasteiger partial charge on any atom is 0.254 e. The monoisotopic (exact) mass is 560 g/mol. The third kappa shape index (κ3) is 4.51. The molecule has 40 heavy (non-hydrogen) atoms. The maximum absolute atomic E-state index is 14.2. The van der Waals surface area contributed by atoms with E-state index in [0.717, 1.165) is 69.7 Å². The number of ketones is 1. The number of carbonyl (C=O) groups excluding carboxylic acids is 2. The number of hydrogen-bond donors (Lipinski definition) is 0. The molecule has 6 rings (SSSR count). The Labute approximate surface area is 241 Å². The third-order valence-electron chi connectivity index (χ3n) is 9.49. The number of ether oxygens (including phenoxy) is 2. The second-order valence-corrected chi connectivity index (χ2v) is 13.4. The summed E-state index contributed by atoms with van der Waals surface area (Å²) in [6.45, 7) is 8.96. The van der Waals surface area contributed by atoms with Gasteiger partial charge < -0.3 is 19.3 Å². The van der Waals surface area contributed by atoms with Crippen molar-refractivity contribution in [2.45, 2.75) is 78.0 Å². The molecule has 1 saturated carbocycles. The lowest BCUT2D eigenvalue weighted by atomic mass is 9.81. The van der Waals surface area contributed by atoms with Crippen LogP contribution in [0, 0.1) is 12.8 Å². The van der Waals surface area contributed by atoms with E-state index in [9.17, 15) is 9.59 Å². The van der Waals surface area contributed by atoms with Crippen LogP contribution < -0.4 is 9.47 Å². The van der Waals surface area contributed by atoms with Crippen molar-refractivity contribution in [1.82, 2.24) is 9.80 Å². The zero-order valence-electron chi connectivity index (χ0n) is 24.6. The molecule has 0 spiro atoms. The minimum atomic E-state index is -0.760. The molecule has 4 aliphatic rings. The molecule has 1 fully saturated rings. The molecule has 2 aliphatic heterocycles. The number of allylic oxidation sites excluding steroid dienone is 3. The molecule has 0 radical (unpaired) electrons. The molecule has 6 nitrogen and oxygen atoms in total. The van der Waals surface area contributed by atoms with E-state index in [-0.39, 0.29) is 17.6 Å². The van der Waals surface area contributed by atoms with Crippen molar-refractivity contribution in [2.75, 3.05) is 27.2 Å². The molecule has 212 valence electrons. The minimum absolute atomic E-state index is 0.0255. The molecule has 0 bridgehead atoms. The van der Waals surface area contributed by atoms with Crippen LogP contribution in [0.15, 0.2) is 40.3 Å². The van der Waals surface area contributed by atoms with Crippen molar-refractivity contribution in [1.29, 1.82) is 0 Å². The summed E-state index contributed by atoms with van der Waals surface area (Å²) in [5, 5.41) is 2.07. The first-order chi connectivity index (χ1) is 19.1. The van der Waals surface area contributed by atoms with Gasteiger partial charge in [-0.25, -0.2) is 0 Å². The minimum Gasteiger partial charge on any atom is -0.448 e. The fraction of sp³-hybridized carbons (Fsp3) is 0.515. The van der Waals surface area contributed by atoms with Crippen LogP contribution in [0.5, 0.6) is 11.5 Å². The lowest BCUT2D eigenvalue weighted by Crippen LogP contribution is -2.46. The van der Waals surface area contributed by atoms with Gasteiger partial charge in [0.15, 0.2) is 17.3 Å². The number of Topliss-reactive ketones (excluding diaryl/α,β-unsaturated/α-hetero) is 1. The molecule has 2 aromatic rings. The van der Waals surface area contributed by atoms with Gasteiger partial charge in [-0.3, -0.25) is 9.59 Å². The van der Waals surface area contributed by atoms with E-state index in [1.165, 1.54) is 0 Å². The van der Waals surface area contributed by atoms with Gasteiger partial charge in [0.1, 0.15) is 0 Å². The smallest absolute Gasteiger partial charge is 0.254 e. The summed E-state index contributed by atoms with van der Waals surface area (Å²) < 4.78 is 13.6. The molecule has 7 heteroatoms. The lowest BCUT2D eigenvalue weighted by Gasteiger charge is -2.39. The fourth-order valence-electron chi connectivity index (χ4n) is 7.18. The number of nitrogens with zero attached hydrogens (tertiary/aromatic N) is 2. The van der Waals surface area contributed by atoms with Crippen LogP contribution in [0.25, 0.3) is 10.4 Å². The standard InChI is InChI=1S/C33H40N2O4S/c1-19-16-20(2)25(26(36)17-19)18-35-14-13-24-28(32(35)37)21(3)30-31(29(24)27-8-7-15-40-27)39-33(4,38-30)22-9-11-23(12-10-22)34(5)6/h7-8,15-16,22-23H,9-14,17-18H2,1-6H3/t22?,23?,33-/m0/s1. The summed E-state index contributed by atoms with van der Waals surface area (Å²) in [5.41, 5.74) is 6.40. The van der Waals surface area contributed by atoms with Gasteiger partial charge in [-0.2, -0.15) is 0 Å². The van der Waals surface area contributed by atoms with Gasteiger partial charge in [0.2, 0.25) is 0 Å². The predicted octanol–water partition coefficient (Wildman–Crippen LogP) is 6.57. The van der Waals surface area contributed by atoms with Crippen LogP contribution in [0.3, 0.4) is 0 Å². The van der Waals surface area contributed by atoms with Crippen LogP contribution in [0.4, 0.5) is 0 Å². The van der Waals surface area contributed by atoms with E-state index < -0.39 is 5.79 Å². The van der Waals surface area contributed by atoms with Crippen molar-refractivity contribution in [2.24, 2.45) is 5.92 Å². The van der Waals surface area contributed by atoms with Crippen molar-refractivity contribution in [3.8, 4) is 21.9 Å². The van der Waals surface area contributed by atoms with Crippen molar-refractivity contribution in [3.63, 3.8) is 0 Å². The Balaban J connectivity index is 1.37. The Bertz CT molecular complexity index is 1430. The summed E-state index contributed by atoms with van der Waals surface area (Å²) in [6, 6.07) is 4.75.